The van der Waals surface area contributed by atoms with E-state index in [1.807, 2.05) is 13.0 Å². The van der Waals surface area contributed by atoms with Crippen LogP contribution in [0.5, 0.6) is 0 Å². The number of hydrogen-bond acceptors (Lipinski definition) is 4. The van der Waals surface area contributed by atoms with Crippen LogP contribution in [0.1, 0.15) is 49.5 Å². The highest BCUT2D eigenvalue weighted by Gasteiger charge is 2.21. The fraction of sp³-hybridized carbons (Fsp3) is 0.692. The molecular formula is C13H21N3O. The smallest absolute Gasteiger partial charge is 0.157 e. The van der Waals surface area contributed by atoms with Crippen LogP contribution in [0.2, 0.25) is 0 Å². The number of aryl methyl sites for hydroxylation is 1. The van der Waals surface area contributed by atoms with Crippen molar-refractivity contribution in [3.05, 3.63) is 23.3 Å². The first kappa shape index (κ1) is 12.5. The van der Waals surface area contributed by atoms with Crippen molar-refractivity contribution in [2.24, 2.45) is 5.73 Å². The number of rotatable bonds is 4. The molecule has 2 heterocycles. The van der Waals surface area contributed by atoms with E-state index in [0.717, 1.165) is 49.5 Å². The van der Waals surface area contributed by atoms with E-state index >= 15 is 0 Å². The lowest BCUT2D eigenvalue weighted by Crippen LogP contribution is -2.22. The Hall–Kier alpha value is -1.00. The molecule has 0 saturated carbocycles. The van der Waals surface area contributed by atoms with E-state index in [1.165, 1.54) is 0 Å². The Labute approximate surface area is 103 Å². The predicted octanol–water partition coefficient (Wildman–Crippen LogP) is 1.92. The minimum absolute atomic E-state index is 0.0894. The molecule has 2 atom stereocenters. The van der Waals surface area contributed by atoms with Gasteiger partial charge in [0.25, 0.3) is 0 Å². The topological polar surface area (TPSA) is 61.0 Å². The summed E-state index contributed by atoms with van der Waals surface area (Å²) in [6.45, 7) is 4.92. The van der Waals surface area contributed by atoms with E-state index in [1.54, 1.807) is 0 Å². The Kier molecular flexibility index (Phi) is 4.07. The summed E-state index contributed by atoms with van der Waals surface area (Å²) < 4.78 is 5.62. The molecule has 1 fully saturated rings. The molecule has 4 heteroatoms. The maximum atomic E-state index is 5.97. The summed E-state index contributed by atoms with van der Waals surface area (Å²) in [7, 11) is 0. The van der Waals surface area contributed by atoms with Crippen LogP contribution in [0.15, 0.2) is 6.07 Å². The normalized spacial score (nSPS) is 21.7. The Bertz CT molecular complexity index is 375. The summed E-state index contributed by atoms with van der Waals surface area (Å²) >= 11 is 0. The van der Waals surface area contributed by atoms with Gasteiger partial charge in [0.1, 0.15) is 6.10 Å². The van der Waals surface area contributed by atoms with Crippen molar-refractivity contribution in [3.8, 4) is 0 Å². The lowest BCUT2D eigenvalue weighted by Gasteiger charge is -2.13. The Morgan fingerprint density at radius 1 is 1.53 bits per heavy atom. The minimum atomic E-state index is 0.0894. The molecule has 0 radical (unpaired) electrons. The van der Waals surface area contributed by atoms with Gasteiger partial charge in [0.2, 0.25) is 0 Å². The number of ether oxygens (including phenoxy) is 1. The molecule has 2 unspecified atom stereocenters. The van der Waals surface area contributed by atoms with Crippen molar-refractivity contribution in [2.75, 3.05) is 6.61 Å². The highest BCUT2D eigenvalue weighted by Crippen LogP contribution is 2.26. The standard InChI is InChI=1S/C13H21N3O/c1-3-10(14)8-11-7-9(2)15-13(16-11)12-5-4-6-17-12/h7,10,12H,3-6,8,14H2,1-2H3. The van der Waals surface area contributed by atoms with Gasteiger partial charge >= 0.3 is 0 Å². The number of aromatic nitrogens is 2. The van der Waals surface area contributed by atoms with Crippen LogP contribution < -0.4 is 5.73 Å². The second kappa shape index (κ2) is 5.56. The SMILES string of the molecule is CCC(N)Cc1cc(C)nc(C2CCCO2)n1. The molecule has 0 aromatic carbocycles. The van der Waals surface area contributed by atoms with Crippen LogP contribution in [0.25, 0.3) is 0 Å². The molecule has 94 valence electrons. The van der Waals surface area contributed by atoms with Crippen molar-refractivity contribution >= 4 is 0 Å². The van der Waals surface area contributed by atoms with Crippen LogP contribution >= 0.6 is 0 Å². The Balaban J connectivity index is 2.16. The van der Waals surface area contributed by atoms with Crippen molar-refractivity contribution in [1.29, 1.82) is 0 Å². The van der Waals surface area contributed by atoms with Crippen LogP contribution in [0, 0.1) is 6.92 Å². The first-order valence-electron chi connectivity index (χ1n) is 6.40. The molecule has 1 saturated heterocycles. The number of hydrogen-bond donors (Lipinski definition) is 1. The van der Waals surface area contributed by atoms with Gasteiger partial charge in [-0.05, 0) is 32.3 Å². The van der Waals surface area contributed by atoms with Gasteiger partial charge in [-0.1, -0.05) is 6.92 Å². The molecule has 0 amide bonds. The Morgan fingerprint density at radius 3 is 3.00 bits per heavy atom. The van der Waals surface area contributed by atoms with Gasteiger partial charge in [0.15, 0.2) is 5.82 Å². The zero-order chi connectivity index (χ0) is 12.3. The first-order valence-corrected chi connectivity index (χ1v) is 6.40. The van der Waals surface area contributed by atoms with Gasteiger partial charge in [-0.15, -0.1) is 0 Å². The van der Waals surface area contributed by atoms with Gasteiger partial charge < -0.3 is 10.5 Å². The van der Waals surface area contributed by atoms with Gasteiger partial charge in [-0.25, -0.2) is 9.97 Å². The lowest BCUT2D eigenvalue weighted by atomic mass is 10.1. The first-order chi connectivity index (χ1) is 8.19. The van der Waals surface area contributed by atoms with Crippen molar-refractivity contribution < 1.29 is 4.74 Å². The van der Waals surface area contributed by atoms with Gasteiger partial charge in [-0.3, -0.25) is 0 Å². The lowest BCUT2D eigenvalue weighted by molar-refractivity contribution is 0.104. The summed E-state index contributed by atoms with van der Waals surface area (Å²) in [4.78, 5) is 9.06. The largest absolute Gasteiger partial charge is 0.370 e. The third-order valence-corrected chi connectivity index (χ3v) is 3.14. The molecule has 0 aliphatic carbocycles. The van der Waals surface area contributed by atoms with Crippen LogP contribution in [-0.2, 0) is 11.2 Å². The molecule has 0 bridgehead atoms. The molecule has 4 nitrogen and oxygen atoms in total. The third kappa shape index (κ3) is 3.23. The summed E-state index contributed by atoms with van der Waals surface area (Å²) in [5.41, 5.74) is 8.01. The second-order valence-electron chi connectivity index (χ2n) is 4.73. The maximum Gasteiger partial charge on any atom is 0.157 e. The average molecular weight is 235 g/mol. The van der Waals surface area contributed by atoms with E-state index < -0.39 is 0 Å². The summed E-state index contributed by atoms with van der Waals surface area (Å²) in [5.74, 6) is 0.834. The van der Waals surface area contributed by atoms with E-state index in [-0.39, 0.29) is 12.1 Å². The average Bonchev–Trinajstić information content (AvgIpc) is 2.81. The second-order valence-corrected chi connectivity index (χ2v) is 4.73. The fourth-order valence-corrected chi connectivity index (χ4v) is 2.10. The quantitative estimate of drug-likeness (QED) is 0.866. The van der Waals surface area contributed by atoms with Gasteiger partial charge in [0, 0.05) is 30.5 Å². The van der Waals surface area contributed by atoms with Crippen LogP contribution in [0.4, 0.5) is 0 Å². The van der Waals surface area contributed by atoms with Crippen LogP contribution in [0.3, 0.4) is 0 Å². The molecular weight excluding hydrogens is 214 g/mol. The van der Waals surface area contributed by atoms with Crippen molar-refractivity contribution in [3.63, 3.8) is 0 Å². The zero-order valence-electron chi connectivity index (χ0n) is 10.6. The molecule has 2 rings (SSSR count). The third-order valence-electron chi connectivity index (χ3n) is 3.14. The monoisotopic (exact) mass is 235 g/mol. The molecule has 1 aliphatic heterocycles. The summed E-state index contributed by atoms with van der Waals surface area (Å²) in [6, 6.07) is 2.20. The molecule has 17 heavy (non-hydrogen) atoms. The molecule has 2 N–H and O–H groups in total. The highest BCUT2D eigenvalue weighted by atomic mass is 16.5. The van der Waals surface area contributed by atoms with Gasteiger partial charge in [0.05, 0.1) is 0 Å². The minimum Gasteiger partial charge on any atom is -0.370 e. The summed E-state index contributed by atoms with van der Waals surface area (Å²) in [6.07, 6.45) is 4.01. The molecule has 1 aromatic heterocycles. The fourth-order valence-electron chi connectivity index (χ4n) is 2.10. The Morgan fingerprint density at radius 2 is 2.35 bits per heavy atom. The van der Waals surface area contributed by atoms with Crippen molar-refractivity contribution in [2.45, 2.75) is 51.7 Å². The number of nitrogens with two attached hydrogens (primary N) is 1. The zero-order valence-corrected chi connectivity index (χ0v) is 10.6. The molecule has 1 aliphatic rings. The van der Waals surface area contributed by atoms with E-state index in [4.69, 9.17) is 10.5 Å². The van der Waals surface area contributed by atoms with E-state index in [2.05, 4.69) is 16.9 Å². The van der Waals surface area contributed by atoms with E-state index in [0.29, 0.717) is 0 Å². The van der Waals surface area contributed by atoms with E-state index in [9.17, 15) is 0 Å². The van der Waals surface area contributed by atoms with Gasteiger partial charge in [-0.2, -0.15) is 0 Å². The molecule has 1 aromatic rings. The highest BCUT2D eigenvalue weighted by molar-refractivity contribution is 5.13. The molecule has 0 spiro atoms. The summed E-state index contributed by atoms with van der Waals surface area (Å²) in [5, 5.41) is 0. The maximum absolute atomic E-state index is 5.97. The predicted molar refractivity (Wildman–Crippen MR) is 66.7 cm³/mol. The number of nitrogens with zero attached hydrogens (tertiary/aromatic N) is 2. The van der Waals surface area contributed by atoms with Crippen LogP contribution in [-0.4, -0.2) is 22.6 Å². The van der Waals surface area contributed by atoms with Crippen molar-refractivity contribution in [1.82, 2.24) is 9.97 Å².